The van der Waals surface area contributed by atoms with Crippen LogP contribution in [0.1, 0.15) is 16.7 Å². The van der Waals surface area contributed by atoms with Gasteiger partial charge in [-0.1, -0.05) is 35.4 Å². The number of urea groups is 1. The Morgan fingerprint density at radius 2 is 1.81 bits per heavy atom. The highest BCUT2D eigenvalue weighted by atomic mass is 35.5. The molecule has 3 amide bonds. The van der Waals surface area contributed by atoms with E-state index >= 15 is 0 Å². The number of carbonyl (C=O) groups is 2. The Hall–Kier alpha value is -2.53. The van der Waals surface area contributed by atoms with Crippen molar-refractivity contribution in [1.29, 1.82) is 0 Å². The Labute approximate surface area is 158 Å². The standard InChI is InChI=1S/C20H22ClN3O2/c1-13-9-14(2)19(15(3)10-13)22-18(25)12-23-7-8-24(20(23)26)17-6-4-5-16(21)11-17/h4-6,9-11H,7-8,12H2,1-3H3,(H,22,25). The van der Waals surface area contributed by atoms with E-state index in [1.807, 2.05) is 45.0 Å². The summed E-state index contributed by atoms with van der Waals surface area (Å²) in [4.78, 5) is 28.3. The number of hydrogen-bond donors (Lipinski definition) is 1. The number of nitrogens with zero attached hydrogens (tertiary/aromatic N) is 2. The Kier molecular flexibility index (Phi) is 5.18. The summed E-state index contributed by atoms with van der Waals surface area (Å²) in [6.07, 6.45) is 0. The maximum absolute atomic E-state index is 12.6. The molecule has 0 unspecified atom stereocenters. The molecule has 3 rings (SSSR count). The molecule has 1 saturated heterocycles. The summed E-state index contributed by atoms with van der Waals surface area (Å²) in [5.41, 5.74) is 4.76. The van der Waals surface area contributed by atoms with Crippen LogP contribution >= 0.6 is 11.6 Å². The van der Waals surface area contributed by atoms with Crippen molar-refractivity contribution in [2.75, 3.05) is 29.9 Å². The van der Waals surface area contributed by atoms with Crippen LogP contribution in [0.3, 0.4) is 0 Å². The number of nitrogens with one attached hydrogen (secondary N) is 1. The second-order valence-corrected chi connectivity index (χ2v) is 7.09. The van der Waals surface area contributed by atoms with Gasteiger partial charge in [0.2, 0.25) is 5.91 Å². The van der Waals surface area contributed by atoms with Crippen molar-refractivity contribution in [2.24, 2.45) is 0 Å². The molecule has 1 fully saturated rings. The molecule has 26 heavy (non-hydrogen) atoms. The number of halogens is 1. The zero-order chi connectivity index (χ0) is 18.8. The van der Waals surface area contributed by atoms with Crippen molar-refractivity contribution in [3.05, 3.63) is 58.1 Å². The van der Waals surface area contributed by atoms with E-state index in [9.17, 15) is 9.59 Å². The summed E-state index contributed by atoms with van der Waals surface area (Å²) >= 11 is 6.01. The molecule has 0 aromatic heterocycles. The third kappa shape index (κ3) is 3.83. The zero-order valence-corrected chi connectivity index (χ0v) is 15.9. The van der Waals surface area contributed by atoms with Crippen molar-refractivity contribution in [2.45, 2.75) is 20.8 Å². The zero-order valence-electron chi connectivity index (χ0n) is 15.2. The topological polar surface area (TPSA) is 52.7 Å². The number of anilines is 2. The molecule has 2 aromatic carbocycles. The molecule has 1 aliphatic heterocycles. The molecule has 5 nitrogen and oxygen atoms in total. The highest BCUT2D eigenvalue weighted by Crippen LogP contribution is 2.24. The molecule has 0 bridgehead atoms. The lowest BCUT2D eigenvalue weighted by atomic mass is 10.1. The Morgan fingerprint density at radius 1 is 1.12 bits per heavy atom. The van der Waals surface area contributed by atoms with Crippen LogP contribution in [0.5, 0.6) is 0 Å². The second kappa shape index (κ2) is 7.38. The summed E-state index contributed by atoms with van der Waals surface area (Å²) in [6.45, 7) is 7.04. The van der Waals surface area contributed by atoms with Gasteiger partial charge in [-0.25, -0.2) is 4.79 Å². The minimum Gasteiger partial charge on any atom is -0.324 e. The van der Waals surface area contributed by atoms with Gasteiger partial charge in [-0.2, -0.15) is 0 Å². The molecule has 0 aliphatic carbocycles. The van der Waals surface area contributed by atoms with Crippen LogP contribution in [0.15, 0.2) is 36.4 Å². The summed E-state index contributed by atoms with van der Waals surface area (Å²) in [5.74, 6) is -0.193. The van der Waals surface area contributed by atoms with Crippen molar-refractivity contribution >= 4 is 34.9 Å². The number of amides is 3. The van der Waals surface area contributed by atoms with Crippen molar-refractivity contribution in [3.63, 3.8) is 0 Å². The number of rotatable bonds is 4. The van der Waals surface area contributed by atoms with Crippen LogP contribution in [0.4, 0.5) is 16.2 Å². The minimum absolute atomic E-state index is 0.0304. The molecule has 1 aliphatic rings. The van der Waals surface area contributed by atoms with Gasteiger partial charge < -0.3 is 10.2 Å². The fourth-order valence-corrected chi connectivity index (χ4v) is 3.53. The molecule has 1 heterocycles. The van der Waals surface area contributed by atoms with Crippen LogP contribution < -0.4 is 10.2 Å². The largest absolute Gasteiger partial charge is 0.325 e. The van der Waals surface area contributed by atoms with Gasteiger partial charge in [0.1, 0.15) is 6.54 Å². The molecule has 6 heteroatoms. The van der Waals surface area contributed by atoms with Gasteiger partial charge in [0.15, 0.2) is 0 Å². The van der Waals surface area contributed by atoms with E-state index in [4.69, 9.17) is 11.6 Å². The molecule has 136 valence electrons. The second-order valence-electron chi connectivity index (χ2n) is 6.66. The Morgan fingerprint density at radius 3 is 2.46 bits per heavy atom. The Bertz CT molecular complexity index is 843. The van der Waals surface area contributed by atoms with Crippen molar-refractivity contribution < 1.29 is 9.59 Å². The van der Waals surface area contributed by atoms with Crippen LogP contribution in [-0.4, -0.2) is 36.5 Å². The van der Waals surface area contributed by atoms with E-state index < -0.39 is 0 Å². The summed E-state index contributed by atoms with van der Waals surface area (Å²) < 4.78 is 0. The van der Waals surface area contributed by atoms with Gasteiger partial charge in [0, 0.05) is 29.5 Å². The fourth-order valence-electron chi connectivity index (χ4n) is 3.34. The van der Waals surface area contributed by atoms with E-state index in [1.54, 1.807) is 21.9 Å². The summed E-state index contributed by atoms with van der Waals surface area (Å²) in [6, 6.07) is 11.1. The average molecular weight is 372 g/mol. The van der Waals surface area contributed by atoms with Gasteiger partial charge in [-0.3, -0.25) is 9.69 Å². The summed E-state index contributed by atoms with van der Waals surface area (Å²) in [7, 11) is 0. The van der Waals surface area contributed by atoms with E-state index in [-0.39, 0.29) is 18.5 Å². The van der Waals surface area contributed by atoms with Crippen LogP contribution in [0, 0.1) is 20.8 Å². The van der Waals surface area contributed by atoms with Gasteiger partial charge >= 0.3 is 6.03 Å². The van der Waals surface area contributed by atoms with Gasteiger partial charge in [0.05, 0.1) is 0 Å². The molecule has 2 aromatic rings. The van der Waals surface area contributed by atoms with E-state index in [2.05, 4.69) is 5.32 Å². The molecule has 0 spiro atoms. The lowest BCUT2D eigenvalue weighted by Gasteiger charge is -2.19. The van der Waals surface area contributed by atoms with Gasteiger partial charge in [0.25, 0.3) is 0 Å². The lowest BCUT2D eigenvalue weighted by Crippen LogP contribution is -2.37. The predicted molar refractivity (Wildman–Crippen MR) is 105 cm³/mol. The third-order valence-corrected chi connectivity index (χ3v) is 4.73. The number of aryl methyl sites for hydroxylation is 3. The number of hydrogen-bond acceptors (Lipinski definition) is 2. The first-order valence-electron chi connectivity index (χ1n) is 8.55. The molecule has 0 saturated carbocycles. The normalized spacial score (nSPS) is 14.1. The van der Waals surface area contributed by atoms with Crippen molar-refractivity contribution in [3.8, 4) is 0 Å². The third-order valence-electron chi connectivity index (χ3n) is 4.49. The van der Waals surface area contributed by atoms with Crippen molar-refractivity contribution in [1.82, 2.24) is 4.90 Å². The van der Waals surface area contributed by atoms with E-state index in [0.717, 1.165) is 28.1 Å². The monoisotopic (exact) mass is 371 g/mol. The van der Waals surface area contributed by atoms with E-state index in [1.165, 1.54) is 0 Å². The maximum Gasteiger partial charge on any atom is 0.325 e. The first-order valence-corrected chi connectivity index (χ1v) is 8.92. The Balaban J connectivity index is 1.66. The highest BCUT2D eigenvalue weighted by molar-refractivity contribution is 6.30. The lowest BCUT2D eigenvalue weighted by molar-refractivity contribution is -0.116. The first-order chi connectivity index (χ1) is 12.3. The van der Waals surface area contributed by atoms with Crippen LogP contribution in [0.25, 0.3) is 0 Å². The smallest absolute Gasteiger partial charge is 0.324 e. The molecule has 0 atom stereocenters. The SMILES string of the molecule is Cc1cc(C)c(NC(=O)CN2CCN(c3cccc(Cl)c3)C2=O)c(C)c1. The highest BCUT2D eigenvalue weighted by Gasteiger charge is 2.31. The quantitative estimate of drug-likeness (QED) is 0.877. The fraction of sp³-hybridized carbons (Fsp3) is 0.300. The maximum atomic E-state index is 12.6. The predicted octanol–water partition coefficient (Wildman–Crippen LogP) is 4.15. The first kappa shape index (κ1) is 18.3. The molecule has 1 N–H and O–H groups in total. The van der Waals surface area contributed by atoms with Gasteiger partial charge in [-0.15, -0.1) is 0 Å². The molecular formula is C20H22ClN3O2. The van der Waals surface area contributed by atoms with Crippen LogP contribution in [-0.2, 0) is 4.79 Å². The molecule has 0 radical (unpaired) electrons. The number of benzene rings is 2. The minimum atomic E-state index is -0.193. The van der Waals surface area contributed by atoms with Gasteiger partial charge in [-0.05, 0) is 50.1 Å². The van der Waals surface area contributed by atoms with Crippen LogP contribution in [0.2, 0.25) is 5.02 Å². The summed E-state index contributed by atoms with van der Waals surface area (Å²) in [5, 5.41) is 3.52. The van der Waals surface area contributed by atoms with E-state index in [0.29, 0.717) is 18.1 Å². The molecular weight excluding hydrogens is 350 g/mol. The average Bonchev–Trinajstić information content (AvgIpc) is 2.92. The number of carbonyl (C=O) groups excluding carboxylic acids is 2.